The van der Waals surface area contributed by atoms with Crippen LogP contribution < -0.4 is 4.90 Å². The molecule has 2 rings (SSSR count). The average Bonchev–Trinajstić information content (AvgIpc) is 2.87. The lowest BCUT2D eigenvalue weighted by atomic mass is 10.0. The number of hydrogen-bond acceptors (Lipinski definition) is 2. The van der Waals surface area contributed by atoms with Gasteiger partial charge in [-0.25, -0.2) is 0 Å². The van der Waals surface area contributed by atoms with E-state index in [1.807, 2.05) is 37.2 Å². The Hall–Kier alpha value is -0.730. The van der Waals surface area contributed by atoms with Crippen molar-refractivity contribution in [3.05, 3.63) is 28.8 Å². The zero-order valence-corrected chi connectivity index (χ0v) is 9.88. The van der Waals surface area contributed by atoms with Crippen molar-refractivity contribution in [1.82, 2.24) is 0 Å². The molecule has 0 radical (unpaired) electrons. The number of nitrogens with zero attached hydrogens (tertiary/aromatic N) is 1. The first-order chi connectivity index (χ1) is 7.02. The molecule has 0 amide bonds. The summed E-state index contributed by atoms with van der Waals surface area (Å²) in [5.41, 5.74) is 1.67. The molecule has 1 fully saturated rings. The third-order valence-electron chi connectivity index (χ3n) is 2.91. The van der Waals surface area contributed by atoms with E-state index in [4.69, 9.17) is 11.6 Å². The fourth-order valence-electron chi connectivity index (χ4n) is 1.79. The van der Waals surface area contributed by atoms with E-state index in [1.54, 1.807) is 0 Å². The van der Waals surface area contributed by atoms with Gasteiger partial charge in [0.15, 0.2) is 0 Å². The Labute approximate surface area is 95.5 Å². The zero-order chi connectivity index (χ0) is 11.1. The molecule has 0 atom stereocenters. The summed E-state index contributed by atoms with van der Waals surface area (Å²) in [6.45, 7) is 0. The molecule has 3 heteroatoms. The molecule has 1 aliphatic carbocycles. The second-order valence-electron chi connectivity index (χ2n) is 4.53. The van der Waals surface area contributed by atoms with Crippen LogP contribution in [0.1, 0.15) is 18.4 Å². The number of anilines is 1. The lowest BCUT2D eigenvalue weighted by Gasteiger charge is -2.20. The molecule has 0 bridgehead atoms. The Morgan fingerprint density at radius 2 is 2.07 bits per heavy atom. The van der Waals surface area contributed by atoms with Crippen LogP contribution in [0, 0.1) is 0 Å². The monoisotopic (exact) mass is 225 g/mol. The number of halogens is 1. The van der Waals surface area contributed by atoms with Crippen LogP contribution in [0.5, 0.6) is 0 Å². The molecular formula is C12H16ClNO. The van der Waals surface area contributed by atoms with E-state index in [0.717, 1.165) is 29.1 Å². The summed E-state index contributed by atoms with van der Waals surface area (Å²) in [5.74, 6) is 0. The summed E-state index contributed by atoms with van der Waals surface area (Å²) >= 11 is 6.17. The molecule has 1 N–H and O–H groups in total. The van der Waals surface area contributed by atoms with Crippen molar-refractivity contribution in [1.29, 1.82) is 0 Å². The van der Waals surface area contributed by atoms with Gasteiger partial charge in [-0.1, -0.05) is 17.7 Å². The fourth-order valence-corrected chi connectivity index (χ4v) is 2.03. The van der Waals surface area contributed by atoms with Gasteiger partial charge in [-0.2, -0.15) is 0 Å². The van der Waals surface area contributed by atoms with Crippen molar-refractivity contribution in [2.45, 2.75) is 24.9 Å². The second-order valence-corrected chi connectivity index (χ2v) is 4.94. The van der Waals surface area contributed by atoms with Gasteiger partial charge >= 0.3 is 0 Å². The van der Waals surface area contributed by atoms with Gasteiger partial charge in [0.25, 0.3) is 0 Å². The maximum Gasteiger partial charge on any atom is 0.0691 e. The standard InChI is InChI=1S/C12H16ClNO/c1-14(2)11-5-3-4-10(13)9(11)8-12(15)6-7-12/h3-5,15H,6-8H2,1-2H3. The first-order valence-corrected chi connectivity index (χ1v) is 5.57. The van der Waals surface area contributed by atoms with Crippen LogP contribution >= 0.6 is 11.6 Å². The van der Waals surface area contributed by atoms with E-state index >= 15 is 0 Å². The van der Waals surface area contributed by atoms with Crippen LogP contribution in [-0.2, 0) is 6.42 Å². The van der Waals surface area contributed by atoms with Gasteiger partial charge in [-0.3, -0.25) is 0 Å². The topological polar surface area (TPSA) is 23.5 Å². The van der Waals surface area contributed by atoms with Crippen LogP contribution in [0.25, 0.3) is 0 Å². The largest absolute Gasteiger partial charge is 0.390 e. The Morgan fingerprint density at radius 1 is 1.40 bits per heavy atom. The molecule has 0 heterocycles. The first-order valence-electron chi connectivity index (χ1n) is 5.19. The minimum atomic E-state index is -0.490. The quantitative estimate of drug-likeness (QED) is 0.855. The predicted molar refractivity (Wildman–Crippen MR) is 63.7 cm³/mol. The molecular weight excluding hydrogens is 210 g/mol. The summed E-state index contributed by atoms with van der Waals surface area (Å²) < 4.78 is 0. The normalized spacial score (nSPS) is 17.6. The van der Waals surface area contributed by atoms with Crippen LogP contribution in [0.15, 0.2) is 18.2 Å². The van der Waals surface area contributed by atoms with Crippen molar-refractivity contribution in [2.24, 2.45) is 0 Å². The SMILES string of the molecule is CN(C)c1cccc(Cl)c1CC1(O)CC1. The van der Waals surface area contributed by atoms with Gasteiger partial charge in [0.05, 0.1) is 5.60 Å². The van der Waals surface area contributed by atoms with Gasteiger partial charge in [0, 0.05) is 31.2 Å². The third-order valence-corrected chi connectivity index (χ3v) is 3.26. The van der Waals surface area contributed by atoms with E-state index in [0.29, 0.717) is 6.42 Å². The van der Waals surface area contributed by atoms with Crippen LogP contribution in [-0.4, -0.2) is 24.8 Å². The van der Waals surface area contributed by atoms with E-state index in [9.17, 15) is 5.11 Å². The minimum absolute atomic E-state index is 0.490. The van der Waals surface area contributed by atoms with Crippen molar-refractivity contribution in [3.8, 4) is 0 Å². The summed E-state index contributed by atoms with van der Waals surface area (Å²) in [5, 5.41) is 10.7. The molecule has 1 aromatic carbocycles. The predicted octanol–water partition coefficient (Wildman–Crippen LogP) is 2.47. The van der Waals surface area contributed by atoms with Crippen molar-refractivity contribution >= 4 is 17.3 Å². The maximum absolute atomic E-state index is 9.94. The Balaban J connectivity index is 2.34. The summed E-state index contributed by atoms with van der Waals surface area (Å²) in [6.07, 6.45) is 2.45. The molecule has 0 spiro atoms. The average molecular weight is 226 g/mol. The van der Waals surface area contributed by atoms with Crippen molar-refractivity contribution in [3.63, 3.8) is 0 Å². The van der Waals surface area contributed by atoms with Gasteiger partial charge in [0.2, 0.25) is 0 Å². The summed E-state index contributed by atoms with van der Waals surface area (Å²) in [7, 11) is 3.98. The first kappa shape index (κ1) is 10.8. The second kappa shape index (κ2) is 3.69. The highest BCUT2D eigenvalue weighted by Gasteiger charge is 2.41. The Morgan fingerprint density at radius 3 is 2.60 bits per heavy atom. The van der Waals surface area contributed by atoms with E-state index in [2.05, 4.69) is 0 Å². The van der Waals surface area contributed by atoms with Gasteiger partial charge in [-0.05, 0) is 30.5 Å². The lowest BCUT2D eigenvalue weighted by Crippen LogP contribution is -2.17. The molecule has 15 heavy (non-hydrogen) atoms. The Kier molecular flexibility index (Phi) is 2.65. The molecule has 82 valence electrons. The fraction of sp³-hybridized carbons (Fsp3) is 0.500. The number of hydrogen-bond donors (Lipinski definition) is 1. The molecule has 1 aromatic rings. The lowest BCUT2D eigenvalue weighted by molar-refractivity contribution is 0.151. The zero-order valence-electron chi connectivity index (χ0n) is 9.13. The van der Waals surface area contributed by atoms with Crippen LogP contribution in [0.4, 0.5) is 5.69 Å². The van der Waals surface area contributed by atoms with E-state index < -0.39 is 5.60 Å². The van der Waals surface area contributed by atoms with Gasteiger partial charge < -0.3 is 10.0 Å². The molecule has 0 aromatic heterocycles. The number of rotatable bonds is 3. The summed E-state index contributed by atoms with van der Waals surface area (Å²) in [4.78, 5) is 2.03. The summed E-state index contributed by atoms with van der Waals surface area (Å²) in [6, 6.07) is 5.86. The number of aliphatic hydroxyl groups is 1. The molecule has 0 saturated heterocycles. The molecule has 1 aliphatic rings. The highest BCUT2D eigenvalue weighted by molar-refractivity contribution is 6.31. The van der Waals surface area contributed by atoms with Gasteiger partial charge in [0.1, 0.15) is 0 Å². The molecule has 0 aliphatic heterocycles. The van der Waals surface area contributed by atoms with Crippen LogP contribution in [0.3, 0.4) is 0 Å². The molecule has 1 saturated carbocycles. The molecule has 2 nitrogen and oxygen atoms in total. The van der Waals surface area contributed by atoms with Crippen LogP contribution in [0.2, 0.25) is 5.02 Å². The highest BCUT2D eigenvalue weighted by atomic mass is 35.5. The van der Waals surface area contributed by atoms with Gasteiger partial charge in [-0.15, -0.1) is 0 Å². The highest BCUT2D eigenvalue weighted by Crippen LogP contribution is 2.41. The Bertz CT molecular complexity index is 372. The van der Waals surface area contributed by atoms with E-state index in [1.165, 1.54) is 0 Å². The smallest absolute Gasteiger partial charge is 0.0691 e. The minimum Gasteiger partial charge on any atom is -0.390 e. The third kappa shape index (κ3) is 2.27. The molecule has 0 unspecified atom stereocenters. The maximum atomic E-state index is 9.94. The van der Waals surface area contributed by atoms with Crippen molar-refractivity contribution < 1.29 is 5.11 Å². The van der Waals surface area contributed by atoms with Crippen molar-refractivity contribution in [2.75, 3.05) is 19.0 Å². The number of benzene rings is 1. The van der Waals surface area contributed by atoms with E-state index in [-0.39, 0.29) is 0 Å².